The molecule has 0 bridgehead atoms. The molecule has 3 heteroatoms. The Morgan fingerprint density at radius 1 is 1.17 bits per heavy atom. The van der Waals surface area contributed by atoms with Crippen LogP contribution < -0.4 is 10.6 Å². The molecule has 3 nitrogen and oxygen atoms in total. The van der Waals surface area contributed by atoms with Crippen LogP contribution in [0.2, 0.25) is 0 Å². The molecule has 0 aromatic rings. The minimum Gasteiger partial charge on any atom is -0.352 e. The molecule has 2 rings (SSSR count). The summed E-state index contributed by atoms with van der Waals surface area (Å²) < 4.78 is 0. The summed E-state index contributed by atoms with van der Waals surface area (Å²) in [6.45, 7) is 3.71. The van der Waals surface area contributed by atoms with Crippen LogP contribution in [-0.4, -0.2) is 25.0 Å². The Morgan fingerprint density at radius 2 is 1.89 bits per heavy atom. The summed E-state index contributed by atoms with van der Waals surface area (Å²) in [4.78, 5) is 11.9. The van der Waals surface area contributed by atoms with Crippen molar-refractivity contribution < 1.29 is 4.79 Å². The largest absolute Gasteiger partial charge is 0.352 e. The number of hydrogen-bond donors (Lipinski definition) is 2. The average Bonchev–Trinajstić information content (AvgIpc) is 3.21. The molecule has 2 N–H and O–H groups in total. The standard InChI is InChI=1S/C15H28N2O/c1-2-14(13-6-4-3-5-7-13)17-15(18)11-16-10-12-8-9-12/h12-14,16H,2-11H2,1H3,(H,17,18). The minimum atomic E-state index is 0.188. The van der Waals surface area contributed by atoms with Gasteiger partial charge in [-0.15, -0.1) is 0 Å². The molecule has 0 radical (unpaired) electrons. The first-order valence-electron chi connectivity index (χ1n) is 7.79. The molecule has 1 atom stereocenters. The molecule has 1 unspecified atom stereocenters. The van der Waals surface area contributed by atoms with Gasteiger partial charge in [0, 0.05) is 6.04 Å². The zero-order chi connectivity index (χ0) is 12.8. The zero-order valence-electron chi connectivity index (χ0n) is 11.7. The molecule has 0 spiro atoms. The molecular formula is C15H28N2O. The normalized spacial score (nSPS) is 22.7. The van der Waals surface area contributed by atoms with Gasteiger partial charge in [-0.3, -0.25) is 4.79 Å². The molecular weight excluding hydrogens is 224 g/mol. The van der Waals surface area contributed by atoms with Gasteiger partial charge < -0.3 is 10.6 Å². The number of hydrogen-bond acceptors (Lipinski definition) is 2. The minimum absolute atomic E-state index is 0.188. The third kappa shape index (κ3) is 4.60. The highest BCUT2D eigenvalue weighted by Crippen LogP contribution is 2.28. The second-order valence-electron chi connectivity index (χ2n) is 6.05. The van der Waals surface area contributed by atoms with Gasteiger partial charge in [0.2, 0.25) is 5.91 Å². The average molecular weight is 252 g/mol. The molecule has 104 valence electrons. The lowest BCUT2D eigenvalue weighted by atomic mass is 9.83. The summed E-state index contributed by atoms with van der Waals surface area (Å²) in [5.74, 6) is 1.75. The summed E-state index contributed by atoms with van der Waals surface area (Å²) in [5.41, 5.74) is 0. The first kappa shape index (κ1) is 13.9. The molecule has 2 fully saturated rings. The summed E-state index contributed by atoms with van der Waals surface area (Å²) in [7, 11) is 0. The Morgan fingerprint density at radius 3 is 2.50 bits per heavy atom. The Hall–Kier alpha value is -0.570. The van der Waals surface area contributed by atoms with Gasteiger partial charge in [0.25, 0.3) is 0 Å². The lowest BCUT2D eigenvalue weighted by molar-refractivity contribution is -0.121. The van der Waals surface area contributed by atoms with Crippen molar-refractivity contribution in [3.05, 3.63) is 0 Å². The van der Waals surface area contributed by atoms with Gasteiger partial charge in [-0.25, -0.2) is 0 Å². The number of rotatable bonds is 7. The second-order valence-corrected chi connectivity index (χ2v) is 6.05. The summed E-state index contributed by atoms with van der Waals surface area (Å²) in [6, 6.07) is 0.403. The fourth-order valence-electron chi connectivity index (χ4n) is 3.06. The molecule has 0 heterocycles. The second kappa shape index (κ2) is 7.13. The number of carbonyl (C=O) groups excluding carboxylic acids is 1. The number of carbonyl (C=O) groups is 1. The van der Waals surface area contributed by atoms with Crippen molar-refractivity contribution >= 4 is 5.91 Å². The van der Waals surface area contributed by atoms with Crippen molar-refractivity contribution in [3.8, 4) is 0 Å². The van der Waals surface area contributed by atoms with E-state index in [-0.39, 0.29) is 5.91 Å². The van der Waals surface area contributed by atoms with Crippen molar-refractivity contribution in [3.63, 3.8) is 0 Å². The first-order chi connectivity index (χ1) is 8.79. The monoisotopic (exact) mass is 252 g/mol. The van der Waals surface area contributed by atoms with Gasteiger partial charge in [0.15, 0.2) is 0 Å². The van der Waals surface area contributed by atoms with E-state index >= 15 is 0 Å². The van der Waals surface area contributed by atoms with E-state index in [1.165, 1.54) is 44.9 Å². The SMILES string of the molecule is CCC(NC(=O)CNCC1CC1)C1CCCCC1. The van der Waals surface area contributed by atoms with Crippen LogP contribution in [0.3, 0.4) is 0 Å². The topological polar surface area (TPSA) is 41.1 Å². The first-order valence-corrected chi connectivity index (χ1v) is 7.79. The maximum atomic E-state index is 11.9. The third-order valence-electron chi connectivity index (χ3n) is 4.42. The van der Waals surface area contributed by atoms with Gasteiger partial charge in [0.05, 0.1) is 6.54 Å². The lowest BCUT2D eigenvalue weighted by Gasteiger charge is -2.30. The number of amides is 1. The van der Waals surface area contributed by atoms with Crippen molar-refractivity contribution in [2.75, 3.05) is 13.1 Å². The van der Waals surface area contributed by atoms with Crippen molar-refractivity contribution in [2.24, 2.45) is 11.8 Å². The Kier molecular flexibility index (Phi) is 5.48. The fraction of sp³-hybridized carbons (Fsp3) is 0.933. The molecule has 0 aromatic carbocycles. The van der Waals surface area contributed by atoms with E-state index in [4.69, 9.17) is 0 Å². The summed E-state index contributed by atoms with van der Waals surface area (Å²) in [5, 5.41) is 6.50. The van der Waals surface area contributed by atoms with Crippen LogP contribution in [0, 0.1) is 11.8 Å². The molecule has 0 aromatic heterocycles. The van der Waals surface area contributed by atoms with E-state index in [1.807, 2.05) is 0 Å². The van der Waals surface area contributed by atoms with E-state index in [0.29, 0.717) is 12.6 Å². The van der Waals surface area contributed by atoms with Gasteiger partial charge in [-0.1, -0.05) is 26.2 Å². The van der Waals surface area contributed by atoms with Gasteiger partial charge in [-0.2, -0.15) is 0 Å². The van der Waals surface area contributed by atoms with Crippen LogP contribution in [0.25, 0.3) is 0 Å². The van der Waals surface area contributed by atoms with Crippen LogP contribution in [0.1, 0.15) is 58.3 Å². The summed E-state index contributed by atoms with van der Waals surface area (Å²) >= 11 is 0. The van der Waals surface area contributed by atoms with E-state index in [0.717, 1.165) is 24.8 Å². The Balaban J connectivity index is 1.65. The number of nitrogens with one attached hydrogen (secondary N) is 2. The van der Waals surface area contributed by atoms with Crippen molar-refractivity contribution in [1.29, 1.82) is 0 Å². The maximum absolute atomic E-state index is 11.9. The van der Waals surface area contributed by atoms with Crippen LogP contribution in [0.5, 0.6) is 0 Å². The van der Waals surface area contributed by atoms with Crippen LogP contribution in [0.4, 0.5) is 0 Å². The highest BCUT2D eigenvalue weighted by atomic mass is 16.1. The van der Waals surface area contributed by atoms with Gasteiger partial charge in [-0.05, 0) is 50.5 Å². The smallest absolute Gasteiger partial charge is 0.234 e. The molecule has 2 aliphatic rings. The Bertz CT molecular complexity index is 257. The van der Waals surface area contributed by atoms with Gasteiger partial charge in [0.1, 0.15) is 0 Å². The van der Waals surface area contributed by atoms with Crippen LogP contribution >= 0.6 is 0 Å². The maximum Gasteiger partial charge on any atom is 0.234 e. The highest BCUT2D eigenvalue weighted by molar-refractivity contribution is 5.78. The highest BCUT2D eigenvalue weighted by Gasteiger charge is 2.24. The molecule has 0 aliphatic heterocycles. The predicted octanol–water partition coefficient (Wildman–Crippen LogP) is 2.46. The molecule has 2 aliphatic carbocycles. The van der Waals surface area contributed by atoms with E-state index in [1.54, 1.807) is 0 Å². The quantitative estimate of drug-likeness (QED) is 0.731. The van der Waals surface area contributed by atoms with Crippen molar-refractivity contribution in [2.45, 2.75) is 64.3 Å². The van der Waals surface area contributed by atoms with Crippen molar-refractivity contribution in [1.82, 2.24) is 10.6 Å². The van der Waals surface area contributed by atoms with E-state index < -0.39 is 0 Å². The van der Waals surface area contributed by atoms with E-state index in [9.17, 15) is 4.79 Å². The van der Waals surface area contributed by atoms with Crippen LogP contribution in [-0.2, 0) is 4.79 Å². The fourth-order valence-corrected chi connectivity index (χ4v) is 3.06. The summed E-state index contributed by atoms with van der Waals surface area (Å²) in [6.07, 6.45) is 10.4. The molecule has 0 saturated heterocycles. The molecule has 18 heavy (non-hydrogen) atoms. The zero-order valence-corrected chi connectivity index (χ0v) is 11.7. The van der Waals surface area contributed by atoms with E-state index in [2.05, 4.69) is 17.6 Å². The third-order valence-corrected chi connectivity index (χ3v) is 4.42. The molecule has 1 amide bonds. The lowest BCUT2D eigenvalue weighted by Crippen LogP contribution is -2.44. The van der Waals surface area contributed by atoms with Gasteiger partial charge >= 0.3 is 0 Å². The molecule has 2 saturated carbocycles. The van der Waals surface area contributed by atoms with Crippen LogP contribution in [0.15, 0.2) is 0 Å². The Labute approximate surface area is 111 Å². The predicted molar refractivity (Wildman–Crippen MR) is 74.4 cm³/mol.